The van der Waals surface area contributed by atoms with Gasteiger partial charge in [-0.1, -0.05) is 20.3 Å². The molecule has 1 aromatic heterocycles. The van der Waals surface area contributed by atoms with E-state index in [1.165, 1.54) is 12.8 Å². The van der Waals surface area contributed by atoms with Crippen LogP contribution in [0.25, 0.3) is 0 Å². The van der Waals surface area contributed by atoms with Gasteiger partial charge in [-0.15, -0.1) is 0 Å². The Kier molecular flexibility index (Phi) is 2.28. The number of hydrogen-bond donors (Lipinski definition) is 2. The van der Waals surface area contributed by atoms with Crippen molar-refractivity contribution in [1.82, 2.24) is 10.2 Å². The van der Waals surface area contributed by atoms with Gasteiger partial charge in [-0.25, -0.2) is 4.79 Å². The summed E-state index contributed by atoms with van der Waals surface area (Å²) >= 11 is 0. The molecule has 92 valence electrons. The van der Waals surface area contributed by atoms with Crippen LogP contribution in [0.4, 0.5) is 0 Å². The Hall–Kier alpha value is -1.32. The number of aromatic nitrogens is 2. The van der Waals surface area contributed by atoms with Crippen molar-refractivity contribution in [2.24, 2.45) is 17.8 Å². The number of hydrogen-bond acceptors (Lipinski definition) is 2. The molecule has 0 aromatic carbocycles. The van der Waals surface area contributed by atoms with Crippen molar-refractivity contribution in [1.29, 1.82) is 0 Å². The third-order valence-electron chi connectivity index (χ3n) is 4.28. The Bertz CT molecular complexity index is 464. The van der Waals surface area contributed by atoms with Crippen molar-refractivity contribution in [3.05, 3.63) is 17.0 Å². The van der Waals surface area contributed by atoms with Crippen LogP contribution in [0.15, 0.2) is 0 Å². The van der Waals surface area contributed by atoms with E-state index in [0.717, 1.165) is 29.5 Å². The van der Waals surface area contributed by atoms with Crippen molar-refractivity contribution >= 4 is 5.97 Å². The number of carboxylic acid groups (broad SMARTS) is 1. The molecular formula is C13H18N2O2. The van der Waals surface area contributed by atoms with Gasteiger partial charge in [0.1, 0.15) is 0 Å². The van der Waals surface area contributed by atoms with Crippen LogP contribution in [-0.2, 0) is 6.42 Å². The number of nitrogens with one attached hydrogen (secondary N) is 1. The topological polar surface area (TPSA) is 66.0 Å². The fourth-order valence-corrected chi connectivity index (χ4v) is 3.34. The van der Waals surface area contributed by atoms with Gasteiger partial charge in [-0.05, 0) is 30.6 Å². The Balaban J connectivity index is 1.72. The number of carboxylic acids is 1. The molecule has 1 aromatic rings. The largest absolute Gasteiger partial charge is 0.476 e. The lowest BCUT2D eigenvalue weighted by Gasteiger charge is -2.06. The fourth-order valence-electron chi connectivity index (χ4n) is 3.34. The lowest BCUT2D eigenvalue weighted by atomic mass is 9.99. The second-order valence-corrected chi connectivity index (χ2v) is 5.80. The zero-order valence-corrected chi connectivity index (χ0v) is 10.2. The first-order valence-electron chi connectivity index (χ1n) is 6.40. The van der Waals surface area contributed by atoms with Crippen LogP contribution in [0.2, 0.25) is 0 Å². The van der Waals surface area contributed by atoms with Crippen molar-refractivity contribution in [3.63, 3.8) is 0 Å². The van der Waals surface area contributed by atoms with Crippen LogP contribution in [0, 0.1) is 17.8 Å². The summed E-state index contributed by atoms with van der Waals surface area (Å²) in [5.74, 6) is 1.89. The second kappa shape index (κ2) is 3.59. The van der Waals surface area contributed by atoms with Crippen molar-refractivity contribution in [2.45, 2.75) is 39.0 Å². The number of rotatable bonds is 4. The van der Waals surface area contributed by atoms with Crippen LogP contribution in [0.3, 0.4) is 0 Å². The Labute approximate surface area is 100 Å². The summed E-state index contributed by atoms with van der Waals surface area (Å²) in [4.78, 5) is 11.0. The quantitative estimate of drug-likeness (QED) is 0.840. The van der Waals surface area contributed by atoms with Crippen LogP contribution >= 0.6 is 0 Å². The normalized spacial score (nSPS) is 29.2. The highest BCUT2D eigenvalue weighted by molar-refractivity contribution is 5.87. The summed E-state index contributed by atoms with van der Waals surface area (Å²) in [6.45, 7) is 4.50. The van der Waals surface area contributed by atoms with E-state index in [0.29, 0.717) is 11.8 Å². The molecule has 4 nitrogen and oxygen atoms in total. The van der Waals surface area contributed by atoms with Crippen molar-refractivity contribution in [2.75, 3.05) is 0 Å². The molecule has 1 fully saturated rings. The van der Waals surface area contributed by atoms with Gasteiger partial charge in [0.15, 0.2) is 5.69 Å². The van der Waals surface area contributed by atoms with E-state index in [-0.39, 0.29) is 5.69 Å². The predicted molar refractivity (Wildman–Crippen MR) is 63.0 cm³/mol. The first-order valence-corrected chi connectivity index (χ1v) is 6.40. The van der Waals surface area contributed by atoms with Crippen LogP contribution < -0.4 is 0 Å². The summed E-state index contributed by atoms with van der Waals surface area (Å²) in [6.07, 6.45) is 3.46. The highest BCUT2D eigenvalue weighted by atomic mass is 16.4. The number of nitrogens with zero attached hydrogens (tertiary/aromatic N) is 1. The Morgan fingerprint density at radius 3 is 3.00 bits per heavy atom. The van der Waals surface area contributed by atoms with Crippen molar-refractivity contribution in [3.8, 4) is 0 Å². The maximum Gasteiger partial charge on any atom is 0.356 e. The zero-order valence-electron chi connectivity index (χ0n) is 10.2. The second-order valence-electron chi connectivity index (χ2n) is 5.80. The predicted octanol–water partition coefficient (Wildman–Crippen LogP) is 2.43. The van der Waals surface area contributed by atoms with Gasteiger partial charge in [0, 0.05) is 17.2 Å². The van der Waals surface area contributed by atoms with Crippen LogP contribution in [0.5, 0.6) is 0 Å². The summed E-state index contributed by atoms with van der Waals surface area (Å²) in [5.41, 5.74) is 2.32. The number of carbonyl (C=O) groups is 1. The number of H-pyrrole nitrogens is 1. The van der Waals surface area contributed by atoms with Gasteiger partial charge in [0.05, 0.1) is 0 Å². The molecule has 17 heavy (non-hydrogen) atoms. The molecule has 2 aliphatic rings. The minimum atomic E-state index is -0.900. The molecular weight excluding hydrogens is 216 g/mol. The average molecular weight is 234 g/mol. The average Bonchev–Trinajstić information content (AvgIpc) is 2.61. The molecule has 2 aliphatic carbocycles. The summed E-state index contributed by atoms with van der Waals surface area (Å²) < 4.78 is 0. The minimum absolute atomic E-state index is 0.245. The maximum absolute atomic E-state index is 11.0. The third-order valence-corrected chi connectivity index (χ3v) is 4.28. The Morgan fingerprint density at radius 2 is 2.35 bits per heavy atom. The molecule has 0 saturated heterocycles. The van der Waals surface area contributed by atoms with E-state index in [1.54, 1.807) is 0 Å². The van der Waals surface area contributed by atoms with Gasteiger partial charge < -0.3 is 5.11 Å². The molecule has 0 aliphatic heterocycles. The van der Waals surface area contributed by atoms with Gasteiger partial charge in [0.2, 0.25) is 0 Å². The fraction of sp³-hybridized carbons (Fsp3) is 0.692. The van der Waals surface area contributed by atoms with E-state index < -0.39 is 5.97 Å². The summed E-state index contributed by atoms with van der Waals surface area (Å²) in [5, 5.41) is 15.9. The zero-order chi connectivity index (χ0) is 12.2. The first-order chi connectivity index (χ1) is 8.09. The third kappa shape index (κ3) is 1.58. The van der Waals surface area contributed by atoms with E-state index in [2.05, 4.69) is 24.0 Å². The first kappa shape index (κ1) is 10.8. The molecule has 0 spiro atoms. The molecule has 1 heterocycles. The lowest BCUT2D eigenvalue weighted by molar-refractivity contribution is 0.0689. The lowest BCUT2D eigenvalue weighted by Crippen LogP contribution is -2.03. The molecule has 2 N–H and O–H groups in total. The highest BCUT2D eigenvalue weighted by Crippen LogP contribution is 2.63. The van der Waals surface area contributed by atoms with Gasteiger partial charge in [-0.2, -0.15) is 5.10 Å². The minimum Gasteiger partial charge on any atom is -0.476 e. The SMILES string of the molecule is CC(C)CC[C@H]1[C@@H]2Cc3c(C(=O)O)n[nH]c3[C@H]12. The molecule has 1 saturated carbocycles. The van der Waals surface area contributed by atoms with E-state index >= 15 is 0 Å². The monoisotopic (exact) mass is 234 g/mol. The van der Waals surface area contributed by atoms with Crippen LogP contribution in [-0.4, -0.2) is 21.3 Å². The summed E-state index contributed by atoms with van der Waals surface area (Å²) in [7, 11) is 0. The van der Waals surface area contributed by atoms with Gasteiger partial charge in [0.25, 0.3) is 0 Å². The number of fused-ring (bicyclic) bond motifs is 3. The molecule has 0 bridgehead atoms. The standard InChI is InChI=1S/C13H18N2O2/c1-6(2)3-4-7-8-5-9-11(10(7)8)14-15-12(9)13(16)17/h6-8,10H,3-5H2,1-2H3,(H,14,15)(H,16,17)/t7-,8-,10+/m0/s1. The maximum atomic E-state index is 11.0. The molecule has 0 amide bonds. The number of aromatic carboxylic acids is 1. The molecule has 4 heteroatoms. The Morgan fingerprint density at radius 1 is 1.59 bits per heavy atom. The number of aromatic amines is 1. The van der Waals surface area contributed by atoms with Crippen LogP contribution in [0.1, 0.15) is 54.4 Å². The molecule has 0 radical (unpaired) electrons. The van der Waals surface area contributed by atoms with E-state index in [9.17, 15) is 4.79 Å². The van der Waals surface area contributed by atoms with Crippen molar-refractivity contribution < 1.29 is 9.90 Å². The molecule has 3 atom stereocenters. The van der Waals surface area contributed by atoms with Gasteiger partial charge in [-0.3, -0.25) is 5.10 Å². The molecule has 0 unspecified atom stereocenters. The van der Waals surface area contributed by atoms with E-state index in [4.69, 9.17) is 5.11 Å². The van der Waals surface area contributed by atoms with Gasteiger partial charge >= 0.3 is 5.97 Å². The summed E-state index contributed by atoms with van der Waals surface area (Å²) in [6, 6.07) is 0. The smallest absolute Gasteiger partial charge is 0.356 e. The highest BCUT2D eigenvalue weighted by Gasteiger charge is 2.57. The molecule has 3 rings (SSSR count). The van der Waals surface area contributed by atoms with E-state index in [1.807, 2.05) is 0 Å².